The Kier molecular flexibility index (Phi) is 4.41. The molecule has 1 saturated heterocycles. The molecule has 0 spiro atoms. The molecule has 0 aliphatic carbocycles. The van der Waals surface area contributed by atoms with Gasteiger partial charge in [0.1, 0.15) is 23.7 Å². The molecule has 0 unspecified atom stereocenters. The quantitative estimate of drug-likeness (QED) is 0.920. The van der Waals surface area contributed by atoms with Crippen LogP contribution in [0.5, 0.6) is 0 Å². The number of nitrogens with one attached hydrogen (secondary N) is 1. The van der Waals surface area contributed by atoms with Gasteiger partial charge in [0.2, 0.25) is 0 Å². The highest BCUT2D eigenvalue weighted by Crippen LogP contribution is 2.19. The zero-order valence-electron chi connectivity index (χ0n) is 12.0. The van der Waals surface area contributed by atoms with Crippen LogP contribution in [0.4, 0.5) is 20.4 Å². The molecule has 7 heteroatoms. The lowest BCUT2D eigenvalue weighted by atomic mass is 10.2. The third-order valence-electron chi connectivity index (χ3n) is 3.62. The number of hydrogen-bond acceptors (Lipinski definition) is 5. The van der Waals surface area contributed by atoms with Crippen molar-refractivity contribution in [2.45, 2.75) is 25.8 Å². The number of alkyl halides is 2. The van der Waals surface area contributed by atoms with Gasteiger partial charge in [0.25, 0.3) is 6.43 Å². The second kappa shape index (κ2) is 6.64. The molecule has 1 aliphatic heterocycles. The lowest BCUT2D eigenvalue weighted by Crippen LogP contribution is -2.18. The van der Waals surface area contributed by atoms with E-state index in [-0.39, 0.29) is 5.69 Å². The molecule has 1 fully saturated rings. The number of rotatable bonds is 5. The summed E-state index contributed by atoms with van der Waals surface area (Å²) < 4.78 is 25.1. The van der Waals surface area contributed by atoms with Gasteiger partial charge in [-0.15, -0.1) is 0 Å². The smallest absolute Gasteiger partial charge is 0.280 e. The summed E-state index contributed by atoms with van der Waals surface area (Å²) in [6, 6.07) is 5.24. The maximum absolute atomic E-state index is 12.6. The molecule has 0 amide bonds. The van der Waals surface area contributed by atoms with Crippen LogP contribution in [0.3, 0.4) is 0 Å². The van der Waals surface area contributed by atoms with Crippen LogP contribution in [0.25, 0.3) is 0 Å². The van der Waals surface area contributed by atoms with Crippen LogP contribution in [0.1, 0.15) is 30.5 Å². The second-order valence-corrected chi connectivity index (χ2v) is 5.20. The Bertz CT molecular complexity index is 612. The summed E-state index contributed by atoms with van der Waals surface area (Å²) in [7, 11) is 0. The second-order valence-electron chi connectivity index (χ2n) is 5.20. The Balaban J connectivity index is 1.60. The van der Waals surface area contributed by atoms with Crippen molar-refractivity contribution >= 4 is 11.6 Å². The van der Waals surface area contributed by atoms with Crippen LogP contribution < -0.4 is 10.2 Å². The third kappa shape index (κ3) is 3.47. The van der Waals surface area contributed by atoms with Crippen molar-refractivity contribution in [3.05, 3.63) is 42.0 Å². The van der Waals surface area contributed by atoms with Gasteiger partial charge in [-0.2, -0.15) is 0 Å². The lowest BCUT2D eigenvalue weighted by molar-refractivity contribution is 0.146. The van der Waals surface area contributed by atoms with Crippen LogP contribution in [-0.4, -0.2) is 28.0 Å². The van der Waals surface area contributed by atoms with Crippen molar-refractivity contribution < 1.29 is 8.78 Å². The van der Waals surface area contributed by atoms with Gasteiger partial charge >= 0.3 is 0 Å². The van der Waals surface area contributed by atoms with E-state index in [9.17, 15) is 8.78 Å². The maximum atomic E-state index is 12.6. The topological polar surface area (TPSA) is 53.9 Å². The van der Waals surface area contributed by atoms with E-state index in [0.717, 1.165) is 30.8 Å². The molecule has 0 saturated carbocycles. The van der Waals surface area contributed by atoms with E-state index in [1.165, 1.54) is 18.9 Å². The van der Waals surface area contributed by atoms with Gasteiger partial charge in [-0.1, -0.05) is 6.07 Å². The normalized spacial score (nSPS) is 14.6. The fourth-order valence-corrected chi connectivity index (χ4v) is 2.44. The largest absolute Gasteiger partial charge is 0.366 e. The van der Waals surface area contributed by atoms with E-state index in [1.54, 1.807) is 6.20 Å². The fraction of sp³-hybridized carbons (Fsp3) is 0.400. The summed E-state index contributed by atoms with van der Waals surface area (Å²) in [5.74, 6) is 1.37. The zero-order chi connectivity index (χ0) is 15.4. The summed E-state index contributed by atoms with van der Waals surface area (Å²) in [6.07, 6.45) is 2.77. The zero-order valence-corrected chi connectivity index (χ0v) is 12.0. The molecule has 2 aromatic heterocycles. The summed E-state index contributed by atoms with van der Waals surface area (Å²) in [5, 5.41) is 3.01. The molecule has 3 heterocycles. The number of anilines is 2. The van der Waals surface area contributed by atoms with Gasteiger partial charge in [0.05, 0.1) is 0 Å². The van der Waals surface area contributed by atoms with Crippen LogP contribution in [-0.2, 0) is 6.54 Å². The van der Waals surface area contributed by atoms with Crippen molar-refractivity contribution in [1.29, 1.82) is 0 Å². The van der Waals surface area contributed by atoms with Gasteiger partial charge in [0.15, 0.2) is 0 Å². The monoisotopic (exact) mass is 305 g/mol. The standard InChI is InChI=1S/C15H17F2N5/c16-15(17)12-7-13(21-10-20-12)18-8-11-3-4-14(19-9-11)22-5-1-2-6-22/h3-4,7,9-10,15H,1-2,5-6,8H2,(H,18,20,21). The fourth-order valence-electron chi connectivity index (χ4n) is 2.44. The van der Waals surface area contributed by atoms with Gasteiger partial charge in [-0.05, 0) is 24.5 Å². The van der Waals surface area contributed by atoms with E-state index >= 15 is 0 Å². The van der Waals surface area contributed by atoms with Crippen molar-refractivity contribution in [3.63, 3.8) is 0 Å². The Morgan fingerprint density at radius 2 is 1.95 bits per heavy atom. The number of pyridine rings is 1. The first-order chi connectivity index (χ1) is 10.7. The van der Waals surface area contributed by atoms with Crippen LogP contribution in [0.15, 0.2) is 30.7 Å². The third-order valence-corrected chi connectivity index (χ3v) is 3.62. The molecule has 0 aromatic carbocycles. The van der Waals surface area contributed by atoms with Crippen LogP contribution >= 0.6 is 0 Å². The Hall–Kier alpha value is -2.31. The summed E-state index contributed by atoms with van der Waals surface area (Å²) in [6.45, 7) is 2.59. The Morgan fingerprint density at radius 3 is 2.64 bits per heavy atom. The molecule has 0 atom stereocenters. The number of nitrogens with zero attached hydrogens (tertiary/aromatic N) is 4. The summed E-state index contributed by atoms with van der Waals surface area (Å²) >= 11 is 0. The molecule has 1 aliphatic rings. The molecule has 0 bridgehead atoms. The highest BCUT2D eigenvalue weighted by atomic mass is 19.3. The molecule has 3 rings (SSSR count). The van der Waals surface area contributed by atoms with Gasteiger partial charge in [-0.3, -0.25) is 0 Å². The van der Waals surface area contributed by atoms with E-state index in [0.29, 0.717) is 12.4 Å². The average Bonchev–Trinajstić information content (AvgIpc) is 3.08. The molecule has 2 aromatic rings. The highest BCUT2D eigenvalue weighted by Gasteiger charge is 2.13. The SMILES string of the molecule is FC(F)c1cc(NCc2ccc(N3CCCC3)nc2)ncn1. The maximum Gasteiger partial charge on any atom is 0.280 e. The lowest BCUT2D eigenvalue weighted by Gasteiger charge is -2.16. The minimum Gasteiger partial charge on any atom is -0.366 e. The van der Waals surface area contributed by atoms with Crippen molar-refractivity contribution in [2.24, 2.45) is 0 Å². The number of hydrogen-bond donors (Lipinski definition) is 1. The van der Waals surface area contributed by atoms with E-state index < -0.39 is 6.43 Å². The molecular weight excluding hydrogens is 288 g/mol. The van der Waals surface area contributed by atoms with Gasteiger partial charge < -0.3 is 10.2 Å². The highest BCUT2D eigenvalue weighted by molar-refractivity contribution is 5.41. The predicted molar refractivity (Wildman–Crippen MR) is 80.0 cm³/mol. The molecule has 1 N–H and O–H groups in total. The first-order valence-electron chi connectivity index (χ1n) is 7.26. The molecule has 22 heavy (non-hydrogen) atoms. The Labute approximate surface area is 127 Å². The molecule has 0 radical (unpaired) electrons. The van der Waals surface area contributed by atoms with Crippen LogP contribution in [0, 0.1) is 0 Å². The summed E-state index contributed by atoms with van der Waals surface area (Å²) in [5.41, 5.74) is 0.695. The van der Waals surface area contributed by atoms with Gasteiger partial charge in [-0.25, -0.2) is 23.7 Å². The predicted octanol–water partition coefficient (Wildman–Crippen LogP) is 3.02. The van der Waals surface area contributed by atoms with Gasteiger partial charge in [0, 0.05) is 31.9 Å². The number of aromatic nitrogens is 3. The minimum atomic E-state index is -2.59. The molecular formula is C15H17F2N5. The van der Waals surface area contributed by atoms with E-state index in [2.05, 4.69) is 25.2 Å². The molecule has 116 valence electrons. The average molecular weight is 305 g/mol. The number of halogens is 2. The van der Waals surface area contributed by atoms with Crippen molar-refractivity contribution in [3.8, 4) is 0 Å². The first-order valence-corrected chi connectivity index (χ1v) is 7.26. The van der Waals surface area contributed by atoms with Crippen LogP contribution in [0.2, 0.25) is 0 Å². The van der Waals surface area contributed by atoms with Crippen molar-refractivity contribution in [2.75, 3.05) is 23.3 Å². The summed E-state index contributed by atoms with van der Waals surface area (Å²) in [4.78, 5) is 14.2. The minimum absolute atomic E-state index is 0.278. The van der Waals surface area contributed by atoms with Crippen molar-refractivity contribution in [1.82, 2.24) is 15.0 Å². The van der Waals surface area contributed by atoms with E-state index in [4.69, 9.17) is 0 Å². The van der Waals surface area contributed by atoms with E-state index in [1.807, 2.05) is 12.1 Å². The Morgan fingerprint density at radius 1 is 1.14 bits per heavy atom. The molecule has 5 nitrogen and oxygen atoms in total. The first kappa shape index (κ1) is 14.6.